The Morgan fingerprint density at radius 1 is 1.00 bits per heavy atom. The van der Waals surface area contributed by atoms with Crippen LogP contribution in [0.4, 0.5) is 16.2 Å². The van der Waals surface area contributed by atoms with Crippen molar-refractivity contribution in [3.8, 4) is 0 Å². The van der Waals surface area contributed by atoms with Crippen molar-refractivity contribution in [2.45, 2.75) is 39.7 Å². The van der Waals surface area contributed by atoms with Gasteiger partial charge < -0.3 is 20.7 Å². The summed E-state index contributed by atoms with van der Waals surface area (Å²) >= 11 is 0. The summed E-state index contributed by atoms with van der Waals surface area (Å²) in [6, 6.07) is 6.75. The standard InChI is InChI=1S/C16H23N3O4/c1-11(20)18-12-5-7-13(8-6-12)19-14(21)9-10-17-15(22)23-16(2,3)4/h5-8H,9-10H2,1-4H3,(H,17,22)(H,18,20)(H,19,21). The predicted octanol–water partition coefficient (Wildman–Crippen LogP) is 2.50. The zero-order chi connectivity index (χ0) is 17.5. The first kappa shape index (κ1) is 18.5. The van der Waals surface area contributed by atoms with Crippen LogP contribution < -0.4 is 16.0 Å². The van der Waals surface area contributed by atoms with Gasteiger partial charge in [-0.3, -0.25) is 9.59 Å². The monoisotopic (exact) mass is 321 g/mol. The Labute approximate surface area is 135 Å². The first-order valence-electron chi connectivity index (χ1n) is 7.30. The van der Waals surface area contributed by atoms with Gasteiger partial charge >= 0.3 is 6.09 Å². The number of rotatable bonds is 5. The van der Waals surface area contributed by atoms with Gasteiger partial charge in [-0.25, -0.2) is 4.79 Å². The second kappa shape index (κ2) is 8.17. The summed E-state index contributed by atoms with van der Waals surface area (Å²) in [5.41, 5.74) is 0.700. The van der Waals surface area contributed by atoms with E-state index in [4.69, 9.17) is 4.74 Å². The molecule has 0 aromatic heterocycles. The molecule has 1 aromatic rings. The van der Waals surface area contributed by atoms with E-state index in [0.29, 0.717) is 11.4 Å². The van der Waals surface area contributed by atoms with E-state index in [9.17, 15) is 14.4 Å². The third kappa shape index (κ3) is 8.45. The Morgan fingerprint density at radius 3 is 2.00 bits per heavy atom. The number of amides is 3. The van der Waals surface area contributed by atoms with Gasteiger partial charge in [0, 0.05) is 31.3 Å². The SMILES string of the molecule is CC(=O)Nc1ccc(NC(=O)CCNC(=O)OC(C)(C)C)cc1. The molecule has 0 heterocycles. The van der Waals surface area contributed by atoms with Gasteiger partial charge in [0.15, 0.2) is 0 Å². The van der Waals surface area contributed by atoms with Crippen LogP contribution in [-0.4, -0.2) is 30.1 Å². The number of hydrogen-bond acceptors (Lipinski definition) is 4. The van der Waals surface area contributed by atoms with Crippen molar-refractivity contribution >= 4 is 29.3 Å². The van der Waals surface area contributed by atoms with Crippen molar-refractivity contribution in [2.75, 3.05) is 17.2 Å². The average Bonchev–Trinajstić information content (AvgIpc) is 2.38. The minimum absolute atomic E-state index is 0.132. The molecule has 0 aliphatic carbocycles. The average molecular weight is 321 g/mol. The quantitative estimate of drug-likeness (QED) is 0.776. The molecule has 0 fully saturated rings. The van der Waals surface area contributed by atoms with Gasteiger partial charge in [0.05, 0.1) is 0 Å². The number of alkyl carbamates (subject to hydrolysis) is 1. The highest BCUT2D eigenvalue weighted by molar-refractivity contribution is 5.92. The Morgan fingerprint density at radius 2 is 1.52 bits per heavy atom. The highest BCUT2D eigenvalue weighted by Crippen LogP contribution is 2.13. The van der Waals surface area contributed by atoms with E-state index >= 15 is 0 Å². The summed E-state index contributed by atoms with van der Waals surface area (Å²) in [7, 11) is 0. The van der Waals surface area contributed by atoms with Gasteiger partial charge in [-0.05, 0) is 45.0 Å². The summed E-state index contributed by atoms with van der Waals surface area (Å²) in [4.78, 5) is 34.1. The number of anilines is 2. The number of nitrogens with one attached hydrogen (secondary N) is 3. The number of benzene rings is 1. The third-order valence-electron chi connectivity index (χ3n) is 2.51. The van der Waals surface area contributed by atoms with E-state index in [0.717, 1.165) is 0 Å². The molecule has 7 nitrogen and oxygen atoms in total. The lowest BCUT2D eigenvalue weighted by Crippen LogP contribution is -2.34. The van der Waals surface area contributed by atoms with Crippen LogP contribution in [0.1, 0.15) is 34.1 Å². The number of carbonyl (C=O) groups excluding carboxylic acids is 3. The molecular formula is C16H23N3O4. The van der Waals surface area contributed by atoms with Crippen molar-refractivity contribution in [1.29, 1.82) is 0 Å². The summed E-state index contributed by atoms with van der Waals surface area (Å²) in [5.74, 6) is -0.386. The Hall–Kier alpha value is -2.57. The van der Waals surface area contributed by atoms with Crippen molar-refractivity contribution in [2.24, 2.45) is 0 Å². The number of hydrogen-bond donors (Lipinski definition) is 3. The van der Waals surface area contributed by atoms with E-state index in [-0.39, 0.29) is 24.8 Å². The minimum Gasteiger partial charge on any atom is -0.444 e. The molecule has 1 rings (SSSR count). The molecule has 3 N–H and O–H groups in total. The van der Waals surface area contributed by atoms with Crippen LogP contribution in [0.3, 0.4) is 0 Å². The van der Waals surface area contributed by atoms with Gasteiger partial charge in [0.1, 0.15) is 5.60 Å². The smallest absolute Gasteiger partial charge is 0.407 e. The number of ether oxygens (including phenoxy) is 1. The van der Waals surface area contributed by atoms with E-state index in [1.54, 1.807) is 45.0 Å². The second-order valence-electron chi connectivity index (χ2n) is 5.99. The molecule has 0 bridgehead atoms. The van der Waals surface area contributed by atoms with E-state index in [2.05, 4.69) is 16.0 Å². The molecular weight excluding hydrogens is 298 g/mol. The molecule has 0 aliphatic rings. The molecule has 126 valence electrons. The lowest BCUT2D eigenvalue weighted by molar-refractivity contribution is -0.116. The highest BCUT2D eigenvalue weighted by Gasteiger charge is 2.15. The predicted molar refractivity (Wildman–Crippen MR) is 88.2 cm³/mol. The molecule has 7 heteroatoms. The minimum atomic E-state index is -0.567. The van der Waals surface area contributed by atoms with Crippen LogP contribution in [0.5, 0.6) is 0 Å². The molecule has 0 unspecified atom stereocenters. The maximum atomic E-state index is 11.8. The Balaban J connectivity index is 2.34. The van der Waals surface area contributed by atoms with Crippen LogP contribution in [-0.2, 0) is 14.3 Å². The van der Waals surface area contributed by atoms with Gasteiger partial charge in [0.25, 0.3) is 0 Å². The fourth-order valence-electron chi connectivity index (χ4n) is 1.66. The number of carbonyl (C=O) groups is 3. The lowest BCUT2D eigenvalue weighted by Gasteiger charge is -2.19. The summed E-state index contributed by atoms with van der Waals surface area (Å²) in [6.07, 6.45) is -0.419. The first-order valence-corrected chi connectivity index (χ1v) is 7.30. The van der Waals surface area contributed by atoms with Crippen molar-refractivity contribution in [3.63, 3.8) is 0 Å². The maximum absolute atomic E-state index is 11.8. The summed E-state index contributed by atoms with van der Waals surface area (Å²) < 4.78 is 5.07. The molecule has 0 aliphatic heterocycles. The largest absolute Gasteiger partial charge is 0.444 e. The second-order valence-corrected chi connectivity index (χ2v) is 5.99. The van der Waals surface area contributed by atoms with Gasteiger partial charge in [0.2, 0.25) is 11.8 Å². The van der Waals surface area contributed by atoms with Gasteiger partial charge in [-0.2, -0.15) is 0 Å². The van der Waals surface area contributed by atoms with Gasteiger partial charge in [-0.1, -0.05) is 0 Å². The molecule has 0 saturated carbocycles. The Bertz CT molecular complexity index is 562. The van der Waals surface area contributed by atoms with Crippen LogP contribution in [0, 0.1) is 0 Å². The van der Waals surface area contributed by atoms with Crippen LogP contribution >= 0.6 is 0 Å². The lowest BCUT2D eigenvalue weighted by atomic mass is 10.2. The van der Waals surface area contributed by atoms with E-state index in [1.165, 1.54) is 6.92 Å². The molecule has 0 atom stereocenters. The third-order valence-corrected chi connectivity index (χ3v) is 2.51. The van der Waals surface area contributed by atoms with Crippen molar-refractivity contribution in [3.05, 3.63) is 24.3 Å². The summed E-state index contributed by atoms with van der Waals surface area (Å²) in [6.45, 7) is 6.91. The zero-order valence-corrected chi connectivity index (χ0v) is 13.9. The van der Waals surface area contributed by atoms with Crippen LogP contribution in [0.25, 0.3) is 0 Å². The molecule has 0 spiro atoms. The van der Waals surface area contributed by atoms with Crippen LogP contribution in [0.15, 0.2) is 24.3 Å². The van der Waals surface area contributed by atoms with Crippen LogP contribution in [0.2, 0.25) is 0 Å². The topological polar surface area (TPSA) is 96.5 Å². The zero-order valence-electron chi connectivity index (χ0n) is 13.9. The van der Waals surface area contributed by atoms with Crippen molar-refractivity contribution in [1.82, 2.24) is 5.32 Å². The molecule has 1 aromatic carbocycles. The molecule has 3 amide bonds. The molecule has 0 radical (unpaired) electrons. The fraction of sp³-hybridized carbons (Fsp3) is 0.438. The van der Waals surface area contributed by atoms with Gasteiger partial charge in [-0.15, -0.1) is 0 Å². The summed E-state index contributed by atoms with van der Waals surface area (Å²) in [5, 5.41) is 7.86. The normalized spacial score (nSPS) is 10.6. The molecule has 23 heavy (non-hydrogen) atoms. The van der Waals surface area contributed by atoms with E-state index in [1.807, 2.05) is 0 Å². The van der Waals surface area contributed by atoms with E-state index < -0.39 is 11.7 Å². The maximum Gasteiger partial charge on any atom is 0.407 e. The van der Waals surface area contributed by atoms with Crippen molar-refractivity contribution < 1.29 is 19.1 Å². The molecule has 0 saturated heterocycles. The highest BCUT2D eigenvalue weighted by atomic mass is 16.6. The fourth-order valence-corrected chi connectivity index (χ4v) is 1.66. The first-order chi connectivity index (χ1) is 10.7. The Kier molecular flexibility index (Phi) is 6.56.